The summed E-state index contributed by atoms with van der Waals surface area (Å²) in [4.78, 5) is 11.7. The maximum absolute atomic E-state index is 11.7. The zero-order valence-electron chi connectivity index (χ0n) is 9.99. The van der Waals surface area contributed by atoms with E-state index >= 15 is 0 Å². The van der Waals surface area contributed by atoms with E-state index in [1.807, 2.05) is 6.92 Å². The van der Waals surface area contributed by atoms with E-state index in [0.717, 1.165) is 6.42 Å². The Morgan fingerprint density at radius 1 is 1.53 bits per heavy atom. The van der Waals surface area contributed by atoms with Crippen molar-refractivity contribution in [3.05, 3.63) is 22.7 Å². The molecule has 0 amide bonds. The predicted octanol–water partition coefficient (Wildman–Crippen LogP) is 3.01. The number of hydrogen-bond acceptors (Lipinski definition) is 4. The molecule has 1 rings (SSSR count). The standard InChI is InChI=1S/C12H15ClO4/c1-4-7(2)17-12(15)8-5-9(13)11(14)10(6-8)16-3/h5-7,14H,4H2,1-3H3. The molecular formula is C12H15ClO4. The van der Waals surface area contributed by atoms with Gasteiger partial charge >= 0.3 is 5.97 Å². The summed E-state index contributed by atoms with van der Waals surface area (Å²) < 4.78 is 10.1. The number of carbonyl (C=O) groups excluding carboxylic acids is 1. The number of hydrogen-bond donors (Lipinski definition) is 1. The van der Waals surface area contributed by atoms with Crippen molar-refractivity contribution in [1.82, 2.24) is 0 Å². The zero-order valence-corrected chi connectivity index (χ0v) is 10.7. The van der Waals surface area contributed by atoms with Crippen molar-refractivity contribution < 1.29 is 19.4 Å². The maximum atomic E-state index is 11.7. The van der Waals surface area contributed by atoms with Gasteiger partial charge in [0.25, 0.3) is 0 Å². The number of halogens is 1. The predicted molar refractivity (Wildman–Crippen MR) is 64.8 cm³/mol. The van der Waals surface area contributed by atoms with E-state index in [4.69, 9.17) is 21.1 Å². The Labute approximate surface area is 105 Å². The zero-order chi connectivity index (χ0) is 13.0. The van der Waals surface area contributed by atoms with Gasteiger partial charge in [-0.05, 0) is 25.5 Å². The van der Waals surface area contributed by atoms with Crippen molar-refractivity contribution in [1.29, 1.82) is 0 Å². The number of rotatable bonds is 4. The monoisotopic (exact) mass is 258 g/mol. The lowest BCUT2D eigenvalue weighted by molar-refractivity contribution is 0.0334. The van der Waals surface area contributed by atoms with Gasteiger partial charge in [0.2, 0.25) is 0 Å². The Hall–Kier alpha value is -1.42. The van der Waals surface area contributed by atoms with Crippen molar-refractivity contribution in [3.8, 4) is 11.5 Å². The summed E-state index contributed by atoms with van der Waals surface area (Å²) >= 11 is 5.77. The van der Waals surface area contributed by atoms with E-state index < -0.39 is 5.97 Å². The number of carbonyl (C=O) groups is 1. The molecule has 0 bridgehead atoms. The van der Waals surface area contributed by atoms with Crippen LogP contribution in [-0.2, 0) is 4.74 Å². The molecule has 4 nitrogen and oxygen atoms in total. The summed E-state index contributed by atoms with van der Waals surface area (Å²) in [6.07, 6.45) is 0.565. The SMILES string of the molecule is CCC(C)OC(=O)c1cc(Cl)c(O)c(OC)c1. The fraction of sp³-hybridized carbons (Fsp3) is 0.417. The summed E-state index contributed by atoms with van der Waals surface area (Å²) in [7, 11) is 1.38. The number of benzene rings is 1. The molecule has 1 aromatic carbocycles. The molecule has 1 atom stereocenters. The van der Waals surface area contributed by atoms with Crippen LogP contribution >= 0.6 is 11.6 Å². The molecule has 0 aliphatic rings. The number of methoxy groups -OCH3 is 1. The van der Waals surface area contributed by atoms with Crippen molar-refractivity contribution in [2.24, 2.45) is 0 Å². The number of aromatic hydroxyl groups is 1. The first-order chi connectivity index (χ1) is 7.99. The van der Waals surface area contributed by atoms with Crippen molar-refractivity contribution >= 4 is 17.6 Å². The van der Waals surface area contributed by atoms with E-state index in [1.54, 1.807) is 6.92 Å². The number of ether oxygens (including phenoxy) is 2. The second kappa shape index (κ2) is 5.77. The van der Waals surface area contributed by atoms with Crippen LogP contribution in [0.25, 0.3) is 0 Å². The van der Waals surface area contributed by atoms with E-state index in [9.17, 15) is 9.90 Å². The topological polar surface area (TPSA) is 55.8 Å². The normalized spacial score (nSPS) is 12.0. The average molecular weight is 259 g/mol. The highest BCUT2D eigenvalue weighted by Gasteiger charge is 2.16. The molecule has 0 saturated carbocycles. The Morgan fingerprint density at radius 3 is 2.71 bits per heavy atom. The molecule has 0 radical (unpaired) electrons. The van der Waals surface area contributed by atoms with Crippen LogP contribution < -0.4 is 4.74 Å². The fourth-order valence-corrected chi connectivity index (χ4v) is 1.39. The van der Waals surface area contributed by atoms with Gasteiger partial charge in [-0.3, -0.25) is 0 Å². The molecule has 0 aromatic heterocycles. The van der Waals surface area contributed by atoms with E-state index in [0.29, 0.717) is 0 Å². The summed E-state index contributed by atoms with van der Waals surface area (Å²) in [5.74, 6) is -0.526. The maximum Gasteiger partial charge on any atom is 0.338 e. The van der Waals surface area contributed by atoms with Gasteiger partial charge in [-0.1, -0.05) is 18.5 Å². The number of phenols is 1. The molecule has 1 N–H and O–H groups in total. The first-order valence-corrected chi connectivity index (χ1v) is 5.64. The van der Waals surface area contributed by atoms with Crippen molar-refractivity contribution in [2.75, 3.05) is 7.11 Å². The minimum atomic E-state index is -0.487. The molecule has 0 aliphatic carbocycles. The molecule has 5 heteroatoms. The largest absolute Gasteiger partial charge is 0.503 e. The molecule has 17 heavy (non-hydrogen) atoms. The fourth-order valence-electron chi connectivity index (χ4n) is 1.18. The molecular weight excluding hydrogens is 244 g/mol. The van der Waals surface area contributed by atoms with E-state index in [-0.39, 0.29) is 28.2 Å². The molecule has 1 aromatic rings. The summed E-state index contributed by atoms with van der Waals surface area (Å²) in [5, 5.41) is 9.58. The molecule has 0 saturated heterocycles. The van der Waals surface area contributed by atoms with E-state index in [1.165, 1.54) is 19.2 Å². The van der Waals surface area contributed by atoms with Crippen LogP contribution in [0.15, 0.2) is 12.1 Å². The van der Waals surface area contributed by atoms with Gasteiger partial charge < -0.3 is 14.6 Å². The van der Waals surface area contributed by atoms with Crippen molar-refractivity contribution in [3.63, 3.8) is 0 Å². The third-order valence-corrected chi connectivity index (χ3v) is 2.66. The van der Waals surface area contributed by atoms with Gasteiger partial charge in [0.15, 0.2) is 11.5 Å². The Bertz CT molecular complexity index is 417. The lowest BCUT2D eigenvalue weighted by Crippen LogP contribution is -2.14. The number of esters is 1. The second-order valence-corrected chi connectivity index (χ2v) is 4.04. The minimum absolute atomic E-state index is 0.0560. The molecule has 0 aliphatic heterocycles. The van der Waals surface area contributed by atoms with Crippen molar-refractivity contribution in [2.45, 2.75) is 26.4 Å². The van der Waals surface area contributed by atoms with Gasteiger partial charge in [0, 0.05) is 0 Å². The molecule has 0 heterocycles. The highest BCUT2D eigenvalue weighted by molar-refractivity contribution is 6.32. The van der Waals surface area contributed by atoms with Gasteiger partial charge in [-0.2, -0.15) is 0 Å². The second-order valence-electron chi connectivity index (χ2n) is 3.63. The first-order valence-electron chi connectivity index (χ1n) is 5.27. The molecule has 94 valence electrons. The van der Waals surface area contributed by atoms with Gasteiger partial charge in [-0.25, -0.2) is 4.79 Å². The highest BCUT2D eigenvalue weighted by atomic mass is 35.5. The molecule has 1 unspecified atom stereocenters. The van der Waals surface area contributed by atoms with Crippen LogP contribution in [0.4, 0.5) is 0 Å². The summed E-state index contributed by atoms with van der Waals surface area (Å²) in [5.41, 5.74) is 0.255. The lowest BCUT2D eigenvalue weighted by Gasteiger charge is -2.12. The Balaban J connectivity index is 2.99. The number of phenolic OH excluding ortho intramolecular Hbond substituents is 1. The van der Waals surface area contributed by atoms with Gasteiger partial charge in [0.1, 0.15) is 0 Å². The molecule has 0 spiro atoms. The smallest absolute Gasteiger partial charge is 0.338 e. The summed E-state index contributed by atoms with van der Waals surface area (Å²) in [6.45, 7) is 3.72. The van der Waals surface area contributed by atoms with Crippen LogP contribution in [0, 0.1) is 0 Å². The third kappa shape index (κ3) is 3.27. The Kier molecular flexibility index (Phi) is 4.63. The average Bonchev–Trinajstić information content (AvgIpc) is 2.32. The first kappa shape index (κ1) is 13.6. The molecule has 0 fully saturated rings. The van der Waals surface area contributed by atoms with E-state index in [2.05, 4.69) is 0 Å². The third-order valence-electron chi connectivity index (χ3n) is 2.37. The lowest BCUT2D eigenvalue weighted by atomic mass is 10.2. The van der Waals surface area contributed by atoms with Gasteiger partial charge in [0.05, 0.1) is 23.8 Å². The van der Waals surface area contributed by atoms with Crippen LogP contribution in [0.3, 0.4) is 0 Å². The van der Waals surface area contributed by atoms with Gasteiger partial charge in [-0.15, -0.1) is 0 Å². The van der Waals surface area contributed by atoms with Crippen LogP contribution in [0.2, 0.25) is 5.02 Å². The minimum Gasteiger partial charge on any atom is -0.503 e. The highest BCUT2D eigenvalue weighted by Crippen LogP contribution is 2.35. The van der Waals surface area contributed by atoms with Crippen LogP contribution in [0.5, 0.6) is 11.5 Å². The summed E-state index contributed by atoms with van der Waals surface area (Å²) in [6, 6.07) is 2.75. The van der Waals surface area contributed by atoms with Crippen LogP contribution in [-0.4, -0.2) is 24.3 Å². The van der Waals surface area contributed by atoms with Crippen LogP contribution in [0.1, 0.15) is 30.6 Å². The Morgan fingerprint density at radius 2 is 2.18 bits per heavy atom. The quantitative estimate of drug-likeness (QED) is 0.844.